The van der Waals surface area contributed by atoms with Crippen molar-refractivity contribution in [2.45, 2.75) is 26.3 Å². The summed E-state index contributed by atoms with van der Waals surface area (Å²) < 4.78 is 0. The number of rotatable bonds is 1. The van der Waals surface area contributed by atoms with Crippen LogP contribution in [0.25, 0.3) is 0 Å². The highest BCUT2D eigenvalue weighted by Gasteiger charge is 2.14. The van der Waals surface area contributed by atoms with Crippen molar-refractivity contribution < 1.29 is 4.79 Å². The number of hydrogen-bond acceptors (Lipinski definition) is 3. The maximum absolute atomic E-state index is 11.6. The van der Waals surface area contributed by atoms with E-state index in [4.69, 9.17) is 22.6 Å². The summed E-state index contributed by atoms with van der Waals surface area (Å²) >= 11 is 5.95. The Morgan fingerprint density at radius 2 is 2.10 bits per heavy atom. The highest BCUT2D eigenvalue weighted by atomic mass is 35.5. The molecule has 6 nitrogen and oxygen atoms in total. The second-order valence-electron chi connectivity index (χ2n) is 5.10. The van der Waals surface area contributed by atoms with Crippen LogP contribution in [0.2, 0.25) is 5.02 Å². The molecule has 0 saturated carbocycles. The molecule has 0 unspecified atom stereocenters. The lowest BCUT2D eigenvalue weighted by Crippen LogP contribution is -2.50. The van der Waals surface area contributed by atoms with Gasteiger partial charge in [-0.1, -0.05) is 11.6 Å². The predicted octanol–water partition coefficient (Wildman–Crippen LogP) is 2.26. The molecule has 0 radical (unpaired) electrons. The summed E-state index contributed by atoms with van der Waals surface area (Å²) in [6, 6.07) is 6.10. The number of hydrogen-bond donors (Lipinski definition) is 3. The number of urea groups is 1. The van der Waals surface area contributed by atoms with Gasteiger partial charge in [0.05, 0.1) is 22.3 Å². The number of halogens is 1. The van der Waals surface area contributed by atoms with Gasteiger partial charge < -0.3 is 11.1 Å². The summed E-state index contributed by atoms with van der Waals surface area (Å²) in [6.45, 7) is 5.53. The Labute approximate surface area is 122 Å². The molecule has 0 bridgehead atoms. The van der Waals surface area contributed by atoms with Gasteiger partial charge in [-0.2, -0.15) is 5.26 Å². The Morgan fingerprint density at radius 1 is 1.45 bits per heavy atom. The van der Waals surface area contributed by atoms with Crippen LogP contribution in [0.15, 0.2) is 23.2 Å². The first-order valence-corrected chi connectivity index (χ1v) is 6.22. The number of aliphatic imine (C=N–C) groups is 1. The minimum Gasteiger partial charge on any atom is -0.369 e. The number of nitrogens with zero attached hydrogens (tertiary/aromatic N) is 2. The number of nitriles is 1. The van der Waals surface area contributed by atoms with Gasteiger partial charge in [0.25, 0.3) is 0 Å². The van der Waals surface area contributed by atoms with Crippen molar-refractivity contribution in [2.75, 3.05) is 0 Å². The Balaban J connectivity index is 2.80. The highest BCUT2D eigenvalue weighted by molar-refractivity contribution is 6.33. The molecule has 0 saturated heterocycles. The normalized spacial score (nSPS) is 11.7. The van der Waals surface area contributed by atoms with Gasteiger partial charge in [0.1, 0.15) is 0 Å². The molecule has 1 aromatic rings. The molecule has 1 rings (SSSR count). The molecule has 4 N–H and O–H groups in total. The average molecular weight is 294 g/mol. The minimum atomic E-state index is -0.455. The largest absolute Gasteiger partial charge is 0.369 e. The Bertz CT molecular complexity index is 583. The monoisotopic (exact) mass is 293 g/mol. The number of carbonyl (C=O) groups excluding carboxylic acids is 1. The Morgan fingerprint density at radius 3 is 2.60 bits per heavy atom. The van der Waals surface area contributed by atoms with Gasteiger partial charge in [-0.3, -0.25) is 5.32 Å². The first-order valence-electron chi connectivity index (χ1n) is 5.84. The molecular formula is C13H16ClN5O. The lowest BCUT2D eigenvalue weighted by molar-refractivity contribution is 0.236. The SMILES string of the molecule is CC(C)(C)NC(=O)NC(N)=Nc1ccc(C#N)cc1Cl. The zero-order valence-electron chi connectivity index (χ0n) is 11.5. The third kappa shape index (κ3) is 5.16. The highest BCUT2D eigenvalue weighted by Crippen LogP contribution is 2.25. The summed E-state index contributed by atoms with van der Waals surface area (Å²) in [5.41, 5.74) is 6.04. The average Bonchev–Trinajstić information content (AvgIpc) is 2.28. The summed E-state index contributed by atoms with van der Waals surface area (Å²) in [6.07, 6.45) is 0. The fraction of sp³-hybridized carbons (Fsp3) is 0.308. The smallest absolute Gasteiger partial charge is 0.321 e. The molecule has 20 heavy (non-hydrogen) atoms. The molecule has 106 valence electrons. The van der Waals surface area contributed by atoms with Crippen molar-refractivity contribution >= 4 is 29.3 Å². The molecule has 0 aromatic heterocycles. The second kappa shape index (κ2) is 6.26. The van der Waals surface area contributed by atoms with Crippen molar-refractivity contribution in [1.82, 2.24) is 10.6 Å². The zero-order chi connectivity index (χ0) is 15.3. The van der Waals surface area contributed by atoms with E-state index >= 15 is 0 Å². The Kier molecular flexibility index (Phi) is 4.94. The number of nitrogens with one attached hydrogen (secondary N) is 2. The summed E-state index contributed by atoms with van der Waals surface area (Å²) in [4.78, 5) is 15.6. The zero-order valence-corrected chi connectivity index (χ0v) is 12.2. The maximum Gasteiger partial charge on any atom is 0.321 e. The van der Waals surface area contributed by atoms with Crippen molar-refractivity contribution in [1.29, 1.82) is 5.26 Å². The second-order valence-corrected chi connectivity index (χ2v) is 5.51. The van der Waals surface area contributed by atoms with Gasteiger partial charge in [-0.05, 0) is 39.0 Å². The predicted molar refractivity (Wildman–Crippen MR) is 78.9 cm³/mol. The molecule has 0 aliphatic rings. The van der Waals surface area contributed by atoms with Crippen molar-refractivity contribution in [2.24, 2.45) is 10.7 Å². The summed E-state index contributed by atoms with van der Waals surface area (Å²) in [5, 5.41) is 14.1. The number of nitrogens with two attached hydrogens (primary N) is 1. The molecule has 0 heterocycles. The number of guanidine groups is 1. The van der Waals surface area contributed by atoms with E-state index in [2.05, 4.69) is 15.6 Å². The molecular weight excluding hydrogens is 278 g/mol. The van der Waals surface area contributed by atoms with E-state index in [1.165, 1.54) is 6.07 Å². The third-order valence-electron chi connectivity index (χ3n) is 2.05. The van der Waals surface area contributed by atoms with Crippen LogP contribution in [0, 0.1) is 11.3 Å². The minimum absolute atomic E-state index is 0.0849. The lowest BCUT2D eigenvalue weighted by Gasteiger charge is -2.20. The molecule has 0 spiro atoms. The van der Waals surface area contributed by atoms with Crippen molar-refractivity contribution in [3.05, 3.63) is 28.8 Å². The van der Waals surface area contributed by atoms with E-state index in [0.717, 1.165) is 0 Å². The van der Waals surface area contributed by atoms with Crippen LogP contribution in [0.1, 0.15) is 26.3 Å². The van der Waals surface area contributed by atoms with Crippen molar-refractivity contribution in [3.8, 4) is 6.07 Å². The van der Waals surface area contributed by atoms with Crippen LogP contribution < -0.4 is 16.4 Å². The van der Waals surface area contributed by atoms with Crippen LogP contribution >= 0.6 is 11.6 Å². The number of carbonyl (C=O) groups is 1. The molecule has 0 aliphatic heterocycles. The van der Waals surface area contributed by atoms with Crippen LogP contribution in [0.3, 0.4) is 0 Å². The van der Waals surface area contributed by atoms with E-state index in [0.29, 0.717) is 11.3 Å². The molecule has 2 amide bonds. The van der Waals surface area contributed by atoms with Gasteiger partial charge in [-0.15, -0.1) is 0 Å². The van der Waals surface area contributed by atoms with Crippen LogP contribution in [0.5, 0.6) is 0 Å². The fourth-order valence-electron chi connectivity index (χ4n) is 1.31. The summed E-state index contributed by atoms with van der Waals surface area (Å²) in [7, 11) is 0. The van der Waals surface area contributed by atoms with Gasteiger partial charge in [0.2, 0.25) is 5.96 Å². The molecule has 0 atom stereocenters. The van der Waals surface area contributed by atoms with Crippen LogP contribution in [-0.4, -0.2) is 17.5 Å². The first kappa shape index (κ1) is 15.8. The number of benzene rings is 1. The summed E-state index contributed by atoms with van der Waals surface area (Å²) in [5.74, 6) is -0.0849. The van der Waals surface area contributed by atoms with Gasteiger partial charge >= 0.3 is 6.03 Å². The van der Waals surface area contributed by atoms with E-state index in [1.807, 2.05) is 26.8 Å². The third-order valence-corrected chi connectivity index (χ3v) is 2.35. The van der Waals surface area contributed by atoms with E-state index < -0.39 is 6.03 Å². The molecule has 1 aromatic carbocycles. The van der Waals surface area contributed by atoms with E-state index in [1.54, 1.807) is 12.1 Å². The number of amides is 2. The van der Waals surface area contributed by atoms with Crippen molar-refractivity contribution in [3.63, 3.8) is 0 Å². The fourth-order valence-corrected chi connectivity index (χ4v) is 1.54. The van der Waals surface area contributed by atoms with Gasteiger partial charge in [-0.25, -0.2) is 9.79 Å². The quantitative estimate of drug-likeness (QED) is 0.546. The first-order chi connectivity index (χ1) is 9.21. The van der Waals surface area contributed by atoms with E-state index in [-0.39, 0.29) is 16.5 Å². The van der Waals surface area contributed by atoms with Crippen LogP contribution in [-0.2, 0) is 0 Å². The maximum atomic E-state index is 11.6. The van der Waals surface area contributed by atoms with Gasteiger partial charge in [0, 0.05) is 5.54 Å². The van der Waals surface area contributed by atoms with Crippen LogP contribution in [0.4, 0.5) is 10.5 Å². The standard InChI is InChI=1S/C13H16ClN5O/c1-13(2,3)19-12(20)18-11(16)17-10-5-4-8(7-15)6-9(10)14/h4-6H,1-3H3,(H4,16,17,18,19,20). The molecule has 0 aliphatic carbocycles. The molecule has 7 heteroatoms. The van der Waals surface area contributed by atoms with Gasteiger partial charge in [0.15, 0.2) is 0 Å². The lowest BCUT2D eigenvalue weighted by atomic mass is 10.1. The Hall–Kier alpha value is -2.26. The molecule has 0 fully saturated rings. The van der Waals surface area contributed by atoms with E-state index in [9.17, 15) is 4.79 Å². The topological polar surface area (TPSA) is 103 Å².